The van der Waals surface area contributed by atoms with Crippen LogP contribution in [0.3, 0.4) is 0 Å². The molecule has 1 fully saturated rings. The highest BCUT2D eigenvalue weighted by atomic mass is 15.3. The molecule has 0 radical (unpaired) electrons. The van der Waals surface area contributed by atoms with E-state index >= 15 is 0 Å². The van der Waals surface area contributed by atoms with Gasteiger partial charge in [0.25, 0.3) is 0 Å². The van der Waals surface area contributed by atoms with Crippen LogP contribution in [0.2, 0.25) is 0 Å². The standard InChI is InChI=1S/C16H23N3.C2H6/c1-5-8-16(15(7-3)13-17)19-11-9-18(10-12-19)14(4)6-2;1-2/h5,7-8H,1,4,6,9-12H2,2-3H3;1-2H3/b15-7-,16-8+;. The predicted octanol–water partition coefficient (Wildman–Crippen LogP) is 4.09. The van der Waals surface area contributed by atoms with E-state index in [2.05, 4.69) is 36.0 Å². The van der Waals surface area contributed by atoms with Crippen LogP contribution in [0.5, 0.6) is 0 Å². The fourth-order valence-electron chi connectivity index (χ4n) is 2.23. The largest absolute Gasteiger partial charge is 0.372 e. The molecule has 0 saturated carbocycles. The van der Waals surface area contributed by atoms with E-state index < -0.39 is 0 Å². The second kappa shape index (κ2) is 10.8. The van der Waals surface area contributed by atoms with Gasteiger partial charge in [0.2, 0.25) is 0 Å². The van der Waals surface area contributed by atoms with E-state index in [0.29, 0.717) is 5.57 Å². The molecule has 1 rings (SSSR count). The Kier molecular flexibility index (Phi) is 9.79. The maximum Gasteiger partial charge on any atom is 0.101 e. The van der Waals surface area contributed by atoms with Crippen LogP contribution in [0.15, 0.2) is 48.4 Å². The highest BCUT2D eigenvalue weighted by molar-refractivity contribution is 5.42. The molecule has 0 N–H and O–H groups in total. The Morgan fingerprint density at radius 2 is 1.71 bits per heavy atom. The zero-order chi connectivity index (χ0) is 16.3. The molecule has 0 aliphatic carbocycles. The Bertz CT molecular complexity index is 430. The topological polar surface area (TPSA) is 30.3 Å². The van der Waals surface area contributed by atoms with Gasteiger partial charge in [-0.15, -0.1) is 0 Å². The third kappa shape index (κ3) is 5.51. The van der Waals surface area contributed by atoms with Crippen molar-refractivity contribution in [1.82, 2.24) is 9.80 Å². The third-order valence-electron chi connectivity index (χ3n) is 3.44. The minimum Gasteiger partial charge on any atom is -0.372 e. The van der Waals surface area contributed by atoms with Crippen LogP contribution >= 0.6 is 0 Å². The molecule has 3 nitrogen and oxygen atoms in total. The van der Waals surface area contributed by atoms with E-state index in [-0.39, 0.29) is 0 Å². The monoisotopic (exact) mass is 287 g/mol. The van der Waals surface area contributed by atoms with Crippen LogP contribution in [0, 0.1) is 11.3 Å². The summed E-state index contributed by atoms with van der Waals surface area (Å²) in [5.41, 5.74) is 2.88. The molecular weight excluding hydrogens is 258 g/mol. The van der Waals surface area contributed by atoms with E-state index in [1.54, 1.807) is 6.08 Å². The molecule has 0 bridgehead atoms. The average molecular weight is 287 g/mol. The van der Waals surface area contributed by atoms with Crippen molar-refractivity contribution in [3.63, 3.8) is 0 Å². The van der Waals surface area contributed by atoms with Gasteiger partial charge in [-0.05, 0) is 19.4 Å². The Hall–Kier alpha value is -1.95. The van der Waals surface area contributed by atoms with Crippen molar-refractivity contribution in [2.24, 2.45) is 0 Å². The van der Waals surface area contributed by atoms with E-state index in [0.717, 1.165) is 38.3 Å². The van der Waals surface area contributed by atoms with Crippen molar-refractivity contribution >= 4 is 0 Å². The smallest absolute Gasteiger partial charge is 0.101 e. The highest BCUT2D eigenvalue weighted by Gasteiger charge is 2.20. The zero-order valence-corrected chi connectivity index (χ0v) is 14.0. The first-order chi connectivity index (χ1) is 10.2. The van der Waals surface area contributed by atoms with E-state index in [1.807, 2.05) is 32.9 Å². The lowest BCUT2D eigenvalue weighted by atomic mass is 10.1. The van der Waals surface area contributed by atoms with Crippen molar-refractivity contribution < 1.29 is 0 Å². The summed E-state index contributed by atoms with van der Waals surface area (Å²) in [4.78, 5) is 4.57. The maximum atomic E-state index is 9.19. The highest BCUT2D eigenvalue weighted by Crippen LogP contribution is 2.19. The SMILES string of the molecule is C=C/C=C(\C(C#N)=C/C)N1CCN(C(=C)CC)CC1.CC. The molecular formula is C18H29N3. The quantitative estimate of drug-likeness (QED) is 0.563. The van der Waals surface area contributed by atoms with Gasteiger partial charge in [0.15, 0.2) is 0 Å². The summed E-state index contributed by atoms with van der Waals surface area (Å²) in [7, 11) is 0. The van der Waals surface area contributed by atoms with Gasteiger partial charge in [-0.25, -0.2) is 0 Å². The maximum absolute atomic E-state index is 9.19. The first kappa shape index (κ1) is 19.1. The number of rotatable bonds is 5. The van der Waals surface area contributed by atoms with Crippen molar-refractivity contribution in [2.75, 3.05) is 26.2 Å². The fourth-order valence-corrected chi connectivity index (χ4v) is 2.23. The minimum absolute atomic E-state index is 0.711. The molecule has 0 spiro atoms. The molecule has 21 heavy (non-hydrogen) atoms. The summed E-state index contributed by atoms with van der Waals surface area (Å²) in [6.45, 7) is 19.6. The average Bonchev–Trinajstić information content (AvgIpc) is 2.56. The summed E-state index contributed by atoms with van der Waals surface area (Å²) in [6, 6.07) is 2.25. The minimum atomic E-state index is 0.711. The first-order valence-electron chi connectivity index (χ1n) is 7.75. The van der Waals surface area contributed by atoms with Gasteiger partial charge < -0.3 is 9.80 Å². The van der Waals surface area contributed by atoms with Crippen molar-refractivity contribution in [1.29, 1.82) is 5.26 Å². The molecule has 1 aliphatic heterocycles. The van der Waals surface area contributed by atoms with Crippen LogP contribution in [0.1, 0.15) is 34.1 Å². The summed E-state index contributed by atoms with van der Waals surface area (Å²) in [5, 5.41) is 9.19. The molecule has 0 unspecified atom stereocenters. The fraction of sp³-hybridized carbons (Fsp3) is 0.500. The van der Waals surface area contributed by atoms with Crippen LogP contribution in [0.4, 0.5) is 0 Å². The lowest BCUT2D eigenvalue weighted by Crippen LogP contribution is -2.45. The van der Waals surface area contributed by atoms with Crippen molar-refractivity contribution in [3.05, 3.63) is 48.4 Å². The number of hydrogen-bond acceptors (Lipinski definition) is 3. The van der Waals surface area contributed by atoms with E-state index in [1.165, 1.54) is 5.70 Å². The Balaban J connectivity index is 0.00000191. The summed E-state index contributed by atoms with van der Waals surface area (Å²) in [5.74, 6) is 0. The zero-order valence-electron chi connectivity index (χ0n) is 14.0. The molecule has 0 atom stereocenters. The van der Waals surface area contributed by atoms with E-state index in [4.69, 9.17) is 0 Å². The Labute approximate surface area is 130 Å². The third-order valence-corrected chi connectivity index (χ3v) is 3.44. The number of piperazine rings is 1. The van der Waals surface area contributed by atoms with Gasteiger partial charge in [-0.3, -0.25) is 0 Å². The summed E-state index contributed by atoms with van der Waals surface area (Å²) >= 11 is 0. The van der Waals surface area contributed by atoms with Crippen molar-refractivity contribution in [3.8, 4) is 6.07 Å². The number of allylic oxidation sites excluding steroid dienone is 5. The molecule has 116 valence electrons. The van der Waals surface area contributed by atoms with Crippen LogP contribution < -0.4 is 0 Å². The van der Waals surface area contributed by atoms with Gasteiger partial charge >= 0.3 is 0 Å². The second-order valence-electron chi connectivity index (χ2n) is 4.50. The summed E-state index contributed by atoms with van der Waals surface area (Å²) < 4.78 is 0. The van der Waals surface area contributed by atoms with Crippen molar-refractivity contribution in [2.45, 2.75) is 34.1 Å². The first-order valence-corrected chi connectivity index (χ1v) is 7.75. The lowest BCUT2D eigenvalue weighted by Gasteiger charge is -2.39. The molecule has 3 heteroatoms. The number of nitriles is 1. The van der Waals surface area contributed by atoms with Gasteiger partial charge in [0.1, 0.15) is 6.07 Å². The Morgan fingerprint density at radius 3 is 2.10 bits per heavy atom. The van der Waals surface area contributed by atoms with Crippen LogP contribution in [0.25, 0.3) is 0 Å². The molecule has 1 saturated heterocycles. The number of hydrogen-bond donors (Lipinski definition) is 0. The van der Waals surface area contributed by atoms with Gasteiger partial charge in [-0.1, -0.05) is 46.1 Å². The van der Waals surface area contributed by atoms with Crippen LogP contribution in [-0.4, -0.2) is 36.0 Å². The lowest BCUT2D eigenvalue weighted by molar-refractivity contribution is 0.192. The predicted molar refractivity (Wildman–Crippen MR) is 91.6 cm³/mol. The Morgan fingerprint density at radius 1 is 1.19 bits per heavy atom. The van der Waals surface area contributed by atoms with Gasteiger partial charge in [0, 0.05) is 31.9 Å². The normalized spacial score (nSPS) is 15.8. The molecule has 0 amide bonds. The van der Waals surface area contributed by atoms with E-state index in [9.17, 15) is 5.26 Å². The van der Waals surface area contributed by atoms with Gasteiger partial charge in [-0.2, -0.15) is 5.26 Å². The van der Waals surface area contributed by atoms with Gasteiger partial charge in [0.05, 0.1) is 11.3 Å². The summed E-state index contributed by atoms with van der Waals surface area (Å²) in [6.07, 6.45) is 6.51. The molecule has 1 aliphatic rings. The second-order valence-corrected chi connectivity index (χ2v) is 4.50. The molecule has 0 aromatic rings. The molecule has 0 aromatic heterocycles. The molecule has 1 heterocycles. The van der Waals surface area contributed by atoms with Crippen LogP contribution in [-0.2, 0) is 0 Å². The number of nitrogens with zero attached hydrogens (tertiary/aromatic N) is 3. The molecule has 0 aromatic carbocycles.